The number of carbonyl (C=O) groups excluding carboxylic acids is 3. The van der Waals surface area contributed by atoms with Crippen LogP contribution in [-0.2, 0) is 80.7 Å². The standard InChI is InChI=1S/C63H100O28/c1-25(2)13-16-38(84-29(6)66)62(11)52-33(83-28(5)65)21-61(10)31-14-15-36-59(7,8)37(18-19-60(36,9)30(31)17-20-63(52,61)58(77)91-62)87-57-51(41(70)35(24-80-57)86-54-44(73)42(71)39(68)26(3)81-54)90-55-45(74)43(72)48(27(4)82-55)88-53-46(75)49(32(67)23-79-53)89-56-47(76)50(78-12)40(69)34(22-64)85-56/h17,25-27,31-57,64,67-76H,13-16,18-24H2,1-12H3. The van der Waals surface area contributed by atoms with Gasteiger partial charge < -0.3 is 122 Å². The number of hydrogen-bond donors (Lipinski definition) is 11. The van der Waals surface area contributed by atoms with Gasteiger partial charge in [-0.05, 0) is 106 Å². The van der Waals surface area contributed by atoms with E-state index in [1.807, 2.05) is 6.92 Å². The van der Waals surface area contributed by atoms with Crippen LogP contribution in [0.25, 0.3) is 0 Å². The van der Waals surface area contributed by atoms with Gasteiger partial charge in [0.25, 0.3) is 0 Å². The van der Waals surface area contributed by atoms with Gasteiger partial charge in [0.1, 0.15) is 110 Å². The molecule has 33 unspecified atom stereocenters. The number of rotatable bonds is 18. The summed E-state index contributed by atoms with van der Waals surface area (Å²) in [7, 11) is 1.21. The van der Waals surface area contributed by atoms with Gasteiger partial charge in [0.15, 0.2) is 37.1 Å². The molecule has 3 saturated carbocycles. The molecule has 520 valence electrons. The lowest BCUT2D eigenvalue weighted by Gasteiger charge is -2.63. The third-order valence-corrected chi connectivity index (χ3v) is 22.7. The zero-order valence-electron chi connectivity index (χ0n) is 54.0. The van der Waals surface area contributed by atoms with Crippen molar-refractivity contribution in [1.82, 2.24) is 0 Å². The van der Waals surface area contributed by atoms with Crippen molar-refractivity contribution in [3.05, 3.63) is 11.6 Å². The molecule has 6 heterocycles. The zero-order valence-corrected chi connectivity index (χ0v) is 54.0. The molecule has 28 nitrogen and oxygen atoms in total. The minimum Gasteiger partial charge on any atom is -0.462 e. The predicted octanol–water partition coefficient (Wildman–Crippen LogP) is -0.734. The fraction of sp³-hybridized carbons (Fsp3) is 0.921. The van der Waals surface area contributed by atoms with E-state index in [1.54, 1.807) is 0 Å². The number of aliphatic hydroxyl groups excluding tert-OH is 11. The average molecular weight is 1310 g/mol. The minimum absolute atomic E-state index is 0.0424. The summed E-state index contributed by atoms with van der Waals surface area (Å²) in [6, 6.07) is 0. The van der Waals surface area contributed by atoms with Gasteiger partial charge in [-0.3, -0.25) is 14.4 Å². The van der Waals surface area contributed by atoms with Gasteiger partial charge in [-0.25, -0.2) is 0 Å². The van der Waals surface area contributed by atoms with Gasteiger partial charge in [-0.1, -0.05) is 53.2 Å². The molecule has 10 rings (SSSR count). The van der Waals surface area contributed by atoms with Crippen LogP contribution in [0.5, 0.6) is 0 Å². The average Bonchev–Trinajstić information content (AvgIpc) is 1.52. The lowest BCUT2D eigenvalue weighted by molar-refractivity contribution is -0.389. The number of carbonyl (C=O) groups is 3. The third kappa shape index (κ3) is 12.4. The Bertz CT molecular complexity index is 2590. The fourth-order valence-electron chi connectivity index (χ4n) is 18.0. The second kappa shape index (κ2) is 26.9. The van der Waals surface area contributed by atoms with E-state index < -0.39 is 218 Å². The Balaban J connectivity index is 0.875. The lowest BCUT2D eigenvalue weighted by Crippen LogP contribution is -2.66. The molecule has 33 atom stereocenters. The van der Waals surface area contributed by atoms with Crippen LogP contribution in [-0.4, -0.2) is 266 Å². The van der Waals surface area contributed by atoms with Crippen molar-refractivity contribution in [1.29, 1.82) is 0 Å². The Kier molecular flexibility index (Phi) is 21.0. The number of aliphatic hydroxyl groups is 11. The predicted molar refractivity (Wildman–Crippen MR) is 307 cm³/mol. The molecule has 0 bridgehead atoms. The van der Waals surface area contributed by atoms with Crippen molar-refractivity contribution in [3.63, 3.8) is 0 Å². The normalized spacial score (nSPS) is 50.8. The van der Waals surface area contributed by atoms with Crippen LogP contribution >= 0.6 is 0 Å². The summed E-state index contributed by atoms with van der Waals surface area (Å²) in [6.07, 6.45) is -31.4. The maximum atomic E-state index is 15.1. The molecule has 0 aromatic heterocycles. The van der Waals surface area contributed by atoms with Crippen molar-refractivity contribution in [2.24, 2.45) is 45.3 Å². The number of cyclic esters (lactones) is 1. The summed E-state index contributed by atoms with van der Waals surface area (Å²) in [5, 5.41) is 122. The molecule has 28 heteroatoms. The summed E-state index contributed by atoms with van der Waals surface area (Å²) in [5.74, 6) is -1.91. The maximum Gasteiger partial charge on any atom is 0.314 e. The van der Waals surface area contributed by atoms with Gasteiger partial charge in [-0.2, -0.15) is 0 Å². The topological polar surface area (TPSA) is 403 Å². The van der Waals surface area contributed by atoms with Gasteiger partial charge in [-0.15, -0.1) is 0 Å². The second-order valence-electron chi connectivity index (χ2n) is 29.0. The Labute approximate surface area is 529 Å². The number of allylic oxidation sites excluding steroid dienone is 2. The molecule has 6 saturated heterocycles. The SMILES string of the molecule is COC1C(O)C(CO)OC(OC2C(O)COC(OC3C(C)OC(OC4C(OC5CCC6(C)C7=CCC89C(=O)OC(C)(C(CCC(C)C)OC(C)=O)C8C(OC(C)=O)CC9(C)C7CCC6C5(C)C)OCC(OC5OC(C)C(O)C(O)C5O)C4O)C(O)C3O)C2O)C1O. The first-order chi connectivity index (χ1) is 42.7. The summed E-state index contributed by atoms with van der Waals surface area (Å²) in [4.78, 5) is 40.8. The molecule has 0 aromatic carbocycles. The molecule has 4 aliphatic carbocycles. The van der Waals surface area contributed by atoms with Crippen molar-refractivity contribution in [2.75, 3.05) is 26.9 Å². The van der Waals surface area contributed by atoms with Crippen LogP contribution in [0, 0.1) is 45.3 Å². The summed E-state index contributed by atoms with van der Waals surface area (Å²) < 4.78 is 85.1. The van der Waals surface area contributed by atoms with E-state index in [2.05, 4.69) is 47.6 Å². The van der Waals surface area contributed by atoms with Crippen molar-refractivity contribution < 1.29 is 137 Å². The van der Waals surface area contributed by atoms with E-state index in [9.17, 15) is 65.8 Å². The molecule has 91 heavy (non-hydrogen) atoms. The Morgan fingerprint density at radius 1 is 0.637 bits per heavy atom. The smallest absolute Gasteiger partial charge is 0.314 e. The second-order valence-corrected chi connectivity index (χ2v) is 29.0. The lowest BCUT2D eigenvalue weighted by atomic mass is 9.41. The molecular weight excluding hydrogens is 1200 g/mol. The minimum atomic E-state index is -1.96. The summed E-state index contributed by atoms with van der Waals surface area (Å²) in [5.41, 5.74) is -3.05. The number of hydrogen-bond acceptors (Lipinski definition) is 28. The Morgan fingerprint density at radius 3 is 1.92 bits per heavy atom. The molecule has 11 N–H and O–H groups in total. The van der Waals surface area contributed by atoms with E-state index in [0.29, 0.717) is 51.4 Å². The maximum absolute atomic E-state index is 15.1. The molecule has 6 aliphatic heterocycles. The highest BCUT2D eigenvalue weighted by Crippen LogP contribution is 2.76. The van der Waals surface area contributed by atoms with Crippen LogP contribution in [0.2, 0.25) is 0 Å². The van der Waals surface area contributed by atoms with E-state index in [1.165, 1.54) is 40.4 Å². The van der Waals surface area contributed by atoms with Gasteiger partial charge in [0.2, 0.25) is 0 Å². The zero-order chi connectivity index (χ0) is 66.5. The van der Waals surface area contributed by atoms with Crippen LogP contribution < -0.4 is 0 Å². The Morgan fingerprint density at radius 2 is 1.26 bits per heavy atom. The highest BCUT2D eigenvalue weighted by molar-refractivity contribution is 5.84. The van der Waals surface area contributed by atoms with Gasteiger partial charge in [0.05, 0.1) is 49.5 Å². The highest BCUT2D eigenvalue weighted by Gasteiger charge is 2.81. The van der Waals surface area contributed by atoms with E-state index in [4.69, 9.17) is 66.3 Å². The first-order valence-electron chi connectivity index (χ1n) is 32.4. The van der Waals surface area contributed by atoms with Crippen LogP contribution in [0.1, 0.15) is 128 Å². The number of esters is 3. The quantitative estimate of drug-likeness (QED) is 0.0349. The highest BCUT2D eigenvalue weighted by atomic mass is 16.8. The molecule has 0 aromatic rings. The number of fused-ring (bicyclic) bond motifs is 4. The number of methoxy groups -OCH3 is 1. The van der Waals surface area contributed by atoms with Crippen LogP contribution in [0.15, 0.2) is 11.6 Å². The molecular formula is C63H100O28. The molecule has 0 amide bonds. The summed E-state index contributed by atoms with van der Waals surface area (Å²) >= 11 is 0. The third-order valence-electron chi connectivity index (χ3n) is 22.7. The first kappa shape index (κ1) is 71.1. The van der Waals surface area contributed by atoms with Gasteiger partial charge in [0, 0.05) is 21.0 Å². The molecule has 9 fully saturated rings. The monoisotopic (exact) mass is 1300 g/mol. The summed E-state index contributed by atoms with van der Waals surface area (Å²) in [6.45, 7) is 18.7. The van der Waals surface area contributed by atoms with E-state index in [0.717, 1.165) is 0 Å². The molecule has 1 spiro atoms. The first-order valence-corrected chi connectivity index (χ1v) is 32.4. The van der Waals surface area contributed by atoms with Crippen LogP contribution in [0.4, 0.5) is 0 Å². The van der Waals surface area contributed by atoms with Gasteiger partial charge >= 0.3 is 17.9 Å². The molecule has 10 aliphatic rings. The van der Waals surface area contributed by atoms with Crippen molar-refractivity contribution in [2.45, 2.75) is 293 Å². The van der Waals surface area contributed by atoms with Crippen molar-refractivity contribution in [3.8, 4) is 0 Å². The largest absolute Gasteiger partial charge is 0.462 e. The van der Waals surface area contributed by atoms with Crippen molar-refractivity contribution >= 4 is 17.9 Å². The Hall–Kier alpha value is -2.73. The fourth-order valence-corrected chi connectivity index (χ4v) is 18.0. The number of ether oxygens (including phenoxy) is 14. The molecule has 0 radical (unpaired) electrons. The van der Waals surface area contributed by atoms with E-state index >= 15 is 4.79 Å². The van der Waals surface area contributed by atoms with Crippen LogP contribution in [0.3, 0.4) is 0 Å². The van der Waals surface area contributed by atoms with E-state index in [-0.39, 0.29) is 30.3 Å².